The molecule has 0 saturated carbocycles. The second-order valence-corrected chi connectivity index (χ2v) is 6.90. The molecule has 0 spiro atoms. The van der Waals surface area contributed by atoms with Gasteiger partial charge in [-0.05, 0) is 24.1 Å². The highest BCUT2D eigenvalue weighted by Gasteiger charge is 2.35. The summed E-state index contributed by atoms with van der Waals surface area (Å²) in [5.74, 6) is -0.939. The second kappa shape index (κ2) is 6.24. The van der Waals surface area contributed by atoms with Crippen molar-refractivity contribution in [1.82, 2.24) is 4.31 Å². The van der Waals surface area contributed by atoms with Gasteiger partial charge in [0.2, 0.25) is 10.0 Å². The lowest BCUT2D eigenvalue weighted by Crippen LogP contribution is -2.31. The summed E-state index contributed by atoms with van der Waals surface area (Å²) in [5.41, 5.74) is 0.993. The van der Waals surface area contributed by atoms with Crippen LogP contribution >= 0.6 is 0 Å². The number of hydrogen-bond acceptors (Lipinski definition) is 5. The minimum Gasteiger partial charge on any atom is -0.469 e. The fourth-order valence-electron chi connectivity index (χ4n) is 2.37. The smallest absolute Gasteiger partial charge is 0.310 e. The molecule has 0 N–H and O–H groups in total. The van der Waals surface area contributed by atoms with Crippen LogP contribution in [0.4, 0.5) is 0 Å². The van der Waals surface area contributed by atoms with E-state index in [2.05, 4.69) is 4.74 Å². The minimum atomic E-state index is -3.50. The highest BCUT2D eigenvalue weighted by molar-refractivity contribution is 7.88. The van der Waals surface area contributed by atoms with Gasteiger partial charge in [-0.25, -0.2) is 12.7 Å². The lowest BCUT2D eigenvalue weighted by molar-refractivity contribution is -0.144. The van der Waals surface area contributed by atoms with Crippen LogP contribution in [0.25, 0.3) is 0 Å². The summed E-state index contributed by atoms with van der Waals surface area (Å²) in [7, 11) is -2.20. The number of carbonyl (C=O) groups excluding carboxylic acids is 1. The molecule has 0 aliphatic carbocycles. The SMILES string of the molecule is COC(=O)C1CCN(S(=O)(=O)Cc2cccc(C#N)c2)C1. The Morgan fingerprint density at radius 1 is 1.52 bits per heavy atom. The number of nitriles is 1. The summed E-state index contributed by atoms with van der Waals surface area (Å²) in [6.07, 6.45) is 0.476. The maximum atomic E-state index is 12.3. The third-order valence-corrected chi connectivity index (χ3v) is 5.30. The van der Waals surface area contributed by atoms with Crippen LogP contribution in [-0.4, -0.2) is 38.9 Å². The molecule has 1 aromatic rings. The molecule has 1 fully saturated rings. The first-order valence-electron chi connectivity index (χ1n) is 6.51. The molecule has 0 amide bonds. The van der Waals surface area contributed by atoms with Gasteiger partial charge in [-0.3, -0.25) is 4.79 Å². The van der Waals surface area contributed by atoms with Gasteiger partial charge in [0.1, 0.15) is 0 Å². The van der Waals surface area contributed by atoms with Crippen LogP contribution in [0.15, 0.2) is 24.3 Å². The highest BCUT2D eigenvalue weighted by atomic mass is 32.2. The van der Waals surface area contributed by atoms with E-state index in [1.165, 1.54) is 11.4 Å². The molecule has 1 heterocycles. The number of hydrogen-bond donors (Lipinski definition) is 0. The number of esters is 1. The summed E-state index contributed by atoms with van der Waals surface area (Å²) < 4.78 is 30.7. The number of methoxy groups -OCH3 is 1. The van der Waals surface area contributed by atoms with Crippen molar-refractivity contribution in [3.8, 4) is 6.07 Å². The van der Waals surface area contributed by atoms with Crippen molar-refractivity contribution in [1.29, 1.82) is 5.26 Å². The first-order valence-corrected chi connectivity index (χ1v) is 8.12. The average molecular weight is 308 g/mol. The van der Waals surface area contributed by atoms with Gasteiger partial charge >= 0.3 is 5.97 Å². The van der Waals surface area contributed by atoms with Gasteiger partial charge in [0.15, 0.2) is 0 Å². The average Bonchev–Trinajstić information content (AvgIpc) is 2.97. The molecule has 1 aromatic carbocycles. The molecule has 1 atom stereocenters. The summed E-state index contributed by atoms with van der Waals surface area (Å²) >= 11 is 0. The van der Waals surface area contributed by atoms with Gasteiger partial charge in [-0.2, -0.15) is 5.26 Å². The topological polar surface area (TPSA) is 87.5 Å². The zero-order valence-corrected chi connectivity index (χ0v) is 12.5. The van der Waals surface area contributed by atoms with Gasteiger partial charge in [0.05, 0.1) is 30.4 Å². The van der Waals surface area contributed by atoms with Crippen LogP contribution in [0.2, 0.25) is 0 Å². The Labute approximate surface area is 124 Å². The van der Waals surface area contributed by atoms with Gasteiger partial charge in [-0.15, -0.1) is 0 Å². The Bertz CT molecular complexity index is 678. The maximum absolute atomic E-state index is 12.3. The quantitative estimate of drug-likeness (QED) is 0.771. The zero-order valence-electron chi connectivity index (χ0n) is 11.7. The molecular weight excluding hydrogens is 292 g/mol. The van der Waals surface area contributed by atoms with Crippen molar-refractivity contribution >= 4 is 16.0 Å². The van der Waals surface area contributed by atoms with E-state index in [0.29, 0.717) is 24.1 Å². The number of sulfonamides is 1. The van der Waals surface area contributed by atoms with Crippen molar-refractivity contribution in [2.45, 2.75) is 12.2 Å². The third-order valence-electron chi connectivity index (χ3n) is 3.48. The Kier molecular flexibility index (Phi) is 4.60. The predicted molar refractivity (Wildman–Crippen MR) is 75.5 cm³/mol. The maximum Gasteiger partial charge on any atom is 0.310 e. The number of ether oxygens (including phenoxy) is 1. The fraction of sp³-hybridized carbons (Fsp3) is 0.429. The second-order valence-electron chi connectivity index (χ2n) is 4.94. The fourth-order valence-corrected chi connectivity index (χ4v) is 3.95. The van der Waals surface area contributed by atoms with Gasteiger partial charge in [0, 0.05) is 13.1 Å². The molecule has 6 nitrogen and oxygen atoms in total. The lowest BCUT2D eigenvalue weighted by Gasteiger charge is -2.16. The van der Waals surface area contributed by atoms with E-state index in [0.717, 1.165) is 0 Å². The summed E-state index contributed by atoms with van der Waals surface area (Å²) in [5, 5.41) is 8.83. The summed E-state index contributed by atoms with van der Waals surface area (Å²) in [6.45, 7) is 0.479. The van der Waals surface area contributed by atoms with Crippen LogP contribution in [0.1, 0.15) is 17.5 Å². The zero-order chi connectivity index (χ0) is 15.5. The Morgan fingerprint density at radius 3 is 2.95 bits per heavy atom. The van der Waals surface area contributed by atoms with E-state index in [1.807, 2.05) is 6.07 Å². The number of carbonyl (C=O) groups is 1. The molecule has 0 aromatic heterocycles. The lowest BCUT2D eigenvalue weighted by atomic mass is 10.1. The van der Waals surface area contributed by atoms with Crippen molar-refractivity contribution < 1.29 is 17.9 Å². The molecule has 1 aliphatic rings. The van der Waals surface area contributed by atoms with Crippen molar-refractivity contribution in [2.24, 2.45) is 5.92 Å². The van der Waals surface area contributed by atoms with Gasteiger partial charge < -0.3 is 4.74 Å². The third kappa shape index (κ3) is 3.60. The normalized spacial score (nSPS) is 19.1. The molecule has 21 heavy (non-hydrogen) atoms. The molecule has 1 unspecified atom stereocenters. The van der Waals surface area contributed by atoms with Crippen LogP contribution < -0.4 is 0 Å². The number of nitrogens with zero attached hydrogens (tertiary/aromatic N) is 2. The van der Waals surface area contributed by atoms with Crippen molar-refractivity contribution in [3.63, 3.8) is 0 Å². The molecular formula is C14H16N2O4S. The summed E-state index contributed by atoms with van der Waals surface area (Å²) in [6, 6.07) is 8.50. The largest absolute Gasteiger partial charge is 0.469 e. The first-order chi connectivity index (χ1) is 9.96. The number of benzene rings is 1. The first kappa shape index (κ1) is 15.5. The molecule has 1 aliphatic heterocycles. The van der Waals surface area contributed by atoms with Crippen LogP contribution in [-0.2, 0) is 25.3 Å². The van der Waals surface area contributed by atoms with Crippen LogP contribution in [0.5, 0.6) is 0 Å². The van der Waals surface area contributed by atoms with E-state index in [-0.39, 0.29) is 18.3 Å². The Balaban J connectivity index is 2.09. The minimum absolute atomic E-state index is 0.160. The van der Waals surface area contributed by atoms with Gasteiger partial charge in [0.25, 0.3) is 0 Å². The van der Waals surface area contributed by atoms with E-state index in [1.54, 1.807) is 24.3 Å². The predicted octanol–water partition coefficient (Wildman–Crippen LogP) is 0.883. The van der Waals surface area contributed by atoms with E-state index in [4.69, 9.17) is 5.26 Å². The highest BCUT2D eigenvalue weighted by Crippen LogP contribution is 2.22. The van der Waals surface area contributed by atoms with Crippen LogP contribution in [0, 0.1) is 17.2 Å². The molecule has 0 bridgehead atoms. The van der Waals surface area contributed by atoms with E-state index >= 15 is 0 Å². The number of rotatable bonds is 4. The summed E-state index contributed by atoms with van der Waals surface area (Å²) in [4.78, 5) is 11.4. The van der Waals surface area contributed by atoms with Crippen LogP contribution in [0.3, 0.4) is 0 Å². The van der Waals surface area contributed by atoms with Crippen molar-refractivity contribution in [2.75, 3.05) is 20.2 Å². The Morgan fingerprint density at radius 2 is 2.29 bits per heavy atom. The monoisotopic (exact) mass is 308 g/mol. The molecule has 112 valence electrons. The van der Waals surface area contributed by atoms with E-state index < -0.39 is 15.9 Å². The molecule has 7 heteroatoms. The standard InChI is InChI=1S/C14H16N2O4S/c1-20-14(17)13-5-6-16(9-13)21(18,19)10-12-4-2-3-11(7-12)8-15/h2-4,7,13H,5-6,9-10H2,1H3. The molecule has 0 radical (unpaired) electrons. The van der Waals surface area contributed by atoms with Crippen molar-refractivity contribution in [3.05, 3.63) is 35.4 Å². The molecule has 2 rings (SSSR count). The molecule has 1 saturated heterocycles. The van der Waals surface area contributed by atoms with E-state index in [9.17, 15) is 13.2 Å². The Hall–Kier alpha value is -1.91. The van der Waals surface area contributed by atoms with Gasteiger partial charge in [-0.1, -0.05) is 12.1 Å².